The number of hydrogen-bond acceptors (Lipinski definition) is 7. The van der Waals surface area contributed by atoms with Crippen LogP contribution >= 0.6 is 20.0 Å². The minimum atomic E-state index is -4.72. The molecule has 1 rings (SSSR count). The van der Waals surface area contributed by atoms with Gasteiger partial charge in [-0.3, -0.25) is 0 Å². The molecule has 0 aliphatic carbocycles. The molecule has 0 saturated carbocycles. The van der Waals surface area contributed by atoms with Crippen molar-refractivity contribution in [1.29, 1.82) is 0 Å². The van der Waals surface area contributed by atoms with Gasteiger partial charge in [-0.15, -0.1) is 4.89 Å². The van der Waals surface area contributed by atoms with Crippen molar-refractivity contribution >= 4 is 30.1 Å². The molecule has 7 nitrogen and oxygen atoms in total. The number of hydrogen-bond donors (Lipinski definition) is 2. The maximum Gasteiger partial charge on any atom is 0.697 e. The van der Waals surface area contributed by atoms with E-state index in [1.54, 1.807) is 0 Å². The van der Waals surface area contributed by atoms with E-state index >= 15 is 0 Å². The third-order valence-electron chi connectivity index (χ3n) is 2.12. The second-order valence-corrected chi connectivity index (χ2v) is 6.95. The van der Waals surface area contributed by atoms with Gasteiger partial charge in [0.15, 0.2) is 0 Å². The fourth-order valence-electron chi connectivity index (χ4n) is 1.40. The quantitative estimate of drug-likeness (QED) is 0.320. The van der Waals surface area contributed by atoms with E-state index in [1.807, 2.05) is 0 Å². The lowest BCUT2D eigenvalue weighted by atomic mass is 10.2. The smallest absolute Gasteiger partial charge is 0.326 e. The van der Waals surface area contributed by atoms with Crippen molar-refractivity contribution in [3.8, 4) is 0 Å². The molecule has 0 saturated heterocycles. The molecule has 124 valence electrons. The van der Waals surface area contributed by atoms with Crippen molar-refractivity contribution < 1.29 is 39.8 Å². The molecule has 1 aromatic carbocycles. The fourth-order valence-corrected chi connectivity index (χ4v) is 3.74. The summed E-state index contributed by atoms with van der Waals surface area (Å²) in [4.78, 5) is 6.99. The predicted octanol–water partition coefficient (Wildman–Crippen LogP) is 2.09. The summed E-state index contributed by atoms with van der Waals surface area (Å²) in [5, 5.41) is 0. The van der Waals surface area contributed by atoms with E-state index in [1.165, 1.54) is 12.1 Å². The summed E-state index contributed by atoms with van der Waals surface area (Å²) in [7, 11) is -7.78. The zero-order valence-corrected chi connectivity index (χ0v) is 13.1. The number of alkyl halides is 3. The third kappa shape index (κ3) is 5.80. The monoisotopic (exact) mass is 380 g/mol. The zero-order chi connectivity index (χ0) is 17.0. The van der Waals surface area contributed by atoms with Gasteiger partial charge < -0.3 is 5.73 Å². The third-order valence-corrected chi connectivity index (χ3v) is 4.76. The van der Waals surface area contributed by atoms with Crippen molar-refractivity contribution in [2.24, 2.45) is 5.73 Å². The number of halogens is 3. The van der Waals surface area contributed by atoms with Crippen molar-refractivity contribution in [2.45, 2.75) is 21.8 Å². The highest BCUT2D eigenvalue weighted by atomic mass is 32.2. The molecule has 0 bridgehead atoms. The Morgan fingerprint density at radius 3 is 2.50 bits per heavy atom. The summed E-state index contributed by atoms with van der Waals surface area (Å²) in [6, 6.07) is 3.39. The first-order valence-electron chi connectivity index (χ1n) is 5.33. The molecule has 0 aliphatic rings. The molecule has 22 heavy (non-hydrogen) atoms. The summed E-state index contributed by atoms with van der Waals surface area (Å²) in [6.45, 7) is -1.47. The van der Waals surface area contributed by atoms with E-state index in [0.29, 0.717) is 0 Å². The van der Waals surface area contributed by atoms with E-state index in [2.05, 4.69) is 8.71 Å². The highest BCUT2D eigenvalue weighted by Gasteiger charge is 2.34. The second-order valence-electron chi connectivity index (χ2n) is 3.55. The molecule has 0 fully saturated rings. The van der Waals surface area contributed by atoms with Gasteiger partial charge in [0.05, 0.1) is 0 Å². The zero-order valence-electron chi connectivity index (χ0n) is 10.6. The average Bonchev–Trinajstić information content (AvgIpc) is 2.35. The van der Waals surface area contributed by atoms with Crippen molar-refractivity contribution in [2.75, 3.05) is 6.79 Å². The fraction of sp³-hybridized carbons (Fsp3) is 0.333. The number of nitrogens with two attached hydrogens (primary N) is 1. The number of rotatable bonds is 7. The van der Waals surface area contributed by atoms with Crippen LogP contribution in [-0.2, 0) is 29.9 Å². The average molecular weight is 380 g/mol. The molecule has 0 amide bonds. The van der Waals surface area contributed by atoms with Crippen LogP contribution in [0.2, 0.25) is 0 Å². The molecule has 0 aromatic heterocycles. The van der Waals surface area contributed by atoms with Gasteiger partial charge in [0.1, 0.15) is 4.90 Å². The molecule has 0 aliphatic heterocycles. The summed E-state index contributed by atoms with van der Waals surface area (Å²) in [5.41, 5.74) is 0.514. The molecule has 0 radical (unpaired) electrons. The number of benzene rings is 1. The Morgan fingerprint density at radius 1 is 1.36 bits per heavy atom. The Kier molecular flexibility index (Phi) is 6.74. The van der Waals surface area contributed by atoms with Crippen LogP contribution in [0.4, 0.5) is 13.2 Å². The van der Waals surface area contributed by atoms with Crippen molar-refractivity contribution in [3.05, 3.63) is 23.8 Å². The maximum atomic E-state index is 12.5. The van der Waals surface area contributed by atoms with Crippen molar-refractivity contribution in [1.82, 2.24) is 0 Å². The van der Waals surface area contributed by atoms with Crippen LogP contribution in [0.1, 0.15) is 5.56 Å². The van der Waals surface area contributed by atoms with Gasteiger partial charge in [0.2, 0.25) is 6.79 Å². The first-order valence-corrected chi connectivity index (χ1v) is 8.68. The molecule has 1 aromatic rings. The van der Waals surface area contributed by atoms with Gasteiger partial charge in [-0.1, -0.05) is 16.7 Å². The summed E-state index contributed by atoms with van der Waals surface area (Å²) < 4.78 is 80.1. The highest BCUT2D eigenvalue weighted by molar-refractivity contribution is 8.00. The molecule has 0 spiro atoms. The maximum absolute atomic E-state index is 12.5. The van der Waals surface area contributed by atoms with E-state index in [9.17, 15) is 26.2 Å². The standard InChI is InChI=1S/C9H9F3NO6PS2/c10-9(11,12)21-7-3-1-2-6(4-13)8(7)22(16,17)19-5-18-20(14)15/h1-3H,4-5,13H2/p+1. The molecular formula is C9H10F3NO6PS2+. The Hall–Kier alpha value is -0.750. The predicted molar refractivity (Wildman–Crippen MR) is 70.3 cm³/mol. The second kappa shape index (κ2) is 7.68. The van der Waals surface area contributed by atoms with E-state index < -0.39 is 52.2 Å². The Balaban J connectivity index is 3.21. The Morgan fingerprint density at radius 2 is 2.00 bits per heavy atom. The van der Waals surface area contributed by atoms with E-state index in [0.717, 1.165) is 6.07 Å². The highest BCUT2D eigenvalue weighted by Crippen LogP contribution is 2.41. The van der Waals surface area contributed by atoms with Gasteiger partial charge in [-0.25, -0.2) is 4.18 Å². The largest absolute Gasteiger partial charge is 0.697 e. The molecule has 1 unspecified atom stereocenters. The van der Waals surface area contributed by atoms with Gasteiger partial charge in [0.25, 0.3) is 0 Å². The molecule has 3 N–H and O–H groups in total. The van der Waals surface area contributed by atoms with Gasteiger partial charge in [-0.2, -0.15) is 21.6 Å². The SMILES string of the molecule is NCc1cccc(SC(F)(F)F)c1S(=O)(=O)OCO[P+](=O)O. The normalized spacial score (nSPS) is 13.2. The Bertz CT molecular complexity index is 651. The van der Waals surface area contributed by atoms with E-state index in [4.69, 9.17) is 10.6 Å². The number of thioether (sulfide) groups is 1. The minimum Gasteiger partial charge on any atom is -0.326 e. The van der Waals surface area contributed by atoms with Gasteiger partial charge in [0, 0.05) is 16.0 Å². The van der Waals surface area contributed by atoms with Crippen LogP contribution < -0.4 is 5.73 Å². The lowest BCUT2D eigenvalue weighted by Crippen LogP contribution is -2.15. The first-order chi connectivity index (χ1) is 10.1. The van der Waals surface area contributed by atoms with Crippen LogP contribution in [0.5, 0.6) is 0 Å². The lowest BCUT2D eigenvalue weighted by Gasteiger charge is -2.14. The Labute approximate surface area is 128 Å². The summed E-state index contributed by atoms with van der Waals surface area (Å²) in [5.74, 6) is 0. The van der Waals surface area contributed by atoms with Gasteiger partial charge in [-0.05, 0) is 23.4 Å². The van der Waals surface area contributed by atoms with Crippen LogP contribution in [-0.4, -0.2) is 25.6 Å². The summed E-state index contributed by atoms with van der Waals surface area (Å²) >= 11 is -0.639. The molecular weight excluding hydrogens is 370 g/mol. The van der Waals surface area contributed by atoms with Gasteiger partial charge >= 0.3 is 23.9 Å². The van der Waals surface area contributed by atoms with Crippen LogP contribution in [0.15, 0.2) is 28.0 Å². The van der Waals surface area contributed by atoms with E-state index in [-0.39, 0.29) is 12.1 Å². The first kappa shape index (κ1) is 19.3. The molecule has 0 heterocycles. The van der Waals surface area contributed by atoms with Crippen LogP contribution in [0.25, 0.3) is 0 Å². The topological polar surface area (TPSA) is 116 Å². The molecule has 1 atom stereocenters. The summed E-state index contributed by atoms with van der Waals surface area (Å²) in [6.07, 6.45) is 0. The van der Waals surface area contributed by atoms with Crippen LogP contribution in [0.3, 0.4) is 0 Å². The minimum absolute atomic E-state index is 0.0948. The van der Waals surface area contributed by atoms with Crippen LogP contribution in [0, 0.1) is 0 Å². The molecule has 13 heteroatoms. The van der Waals surface area contributed by atoms with Crippen molar-refractivity contribution in [3.63, 3.8) is 0 Å². The lowest BCUT2D eigenvalue weighted by molar-refractivity contribution is -0.0329.